The Hall–Kier alpha value is -3.69. The molecule has 0 saturated carbocycles. The summed E-state index contributed by atoms with van der Waals surface area (Å²) in [6, 6.07) is 6.15. The highest BCUT2D eigenvalue weighted by Gasteiger charge is 2.41. The first kappa shape index (κ1) is 23.3. The van der Waals surface area contributed by atoms with E-state index in [0.717, 1.165) is 27.2 Å². The van der Waals surface area contributed by atoms with Crippen LogP contribution in [0.2, 0.25) is 0 Å². The van der Waals surface area contributed by atoms with Crippen LogP contribution in [-0.4, -0.2) is 56.3 Å². The maximum atomic E-state index is 12.1. The fourth-order valence-corrected chi connectivity index (χ4v) is 2.02. The SMILES string of the molecule is COC(=O)[C@H](OC(C)=O)[C@@H](OC(=O)C=Cc1ccc(OC(C)=O)cc1)C(=O)OC. The average Bonchev–Trinajstić information content (AvgIpc) is 2.68. The second-order valence-corrected chi connectivity index (χ2v) is 5.43. The van der Waals surface area contributed by atoms with Gasteiger partial charge in [-0.15, -0.1) is 0 Å². The summed E-state index contributed by atoms with van der Waals surface area (Å²) in [4.78, 5) is 57.9. The van der Waals surface area contributed by atoms with Gasteiger partial charge >= 0.3 is 29.8 Å². The van der Waals surface area contributed by atoms with Crippen LogP contribution < -0.4 is 4.74 Å². The predicted octanol–water partition coefficient (Wildman–Crippen LogP) is 0.815. The predicted molar refractivity (Wildman–Crippen MR) is 96.3 cm³/mol. The van der Waals surface area contributed by atoms with E-state index in [2.05, 4.69) is 9.47 Å². The van der Waals surface area contributed by atoms with Gasteiger partial charge in [-0.3, -0.25) is 9.59 Å². The lowest BCUT2D eigenvalue weighted by Crippen LogP contribution is -2.46. The summed E-state index contributed by atoms with van der Waals surface area (Å²) in [5, 5.41) is 0. The highest BCUT2D eigenvalue weighted by molar-refractivity contribution is 5.92. The fraction of sp³-hybridized carbons (Fsp3) is 0.316. The number of benzene rings is 1. The van der Waals surface area contributed by atoms with Gasteiger partial charge in [0, 0.05) is 19.9 Å². The first-order valence-corrected chi connectivity index (χ1v) is 8.18. The van der Waals surface area contributed by atoms with Crippen LogP contribution in [-0.2, 0) is 42.9 Å². The zero-order valence-electron chi connectivity index (χ0n) is 16.2. The lowest BCUT2D eigenvalue weighted by Gasteiger charge is -2.22. The minimum Gasteiger partial charge on any atom is -0.466 e. The quantitative estimate of drug-likeness (QED) is 0.263. The van der Waals surface area contributed by atoms with E-state index in [1.807, 2.05) is 0 Å². The third-order valence-electron chi connectivity index (χ3n) is 3.23. The molecule has 0 aliphatic heterocycles. The Balaban J connectivity index is 2.92. The number of methoxy groups -OCH3 is 2. The Kier molecular flexibility index (Phi) is 9.03. The van der Waals surface area contributed by atoms with Crippen molar-refractivity contribution in [3.05, 3.63) is 35.9 Å². The van der Waals surface area contributed by atoms with Crippen LogP contribution in [0.3, 0.4) is 0 Å². The van der Waals surface area contributed by atoms with Crippen molar-refractivity contribution in [2.24, 2.45) is 0 Å². The Morgan fingerprint density at radius 2 is 1.31 bits per heavy atom. The Morgan fingerprint density at radius 3 is 1.76 bits per heavy atom. The molecule has 0 amide bonds. The molecule has 0 bridgehead atoms. The molecular weight excluding hydrogens is 388 g/mol. The minimum atomic E-state index is -1.86. The van der Waals surface area contributed by atoms with E-state index in [-0.39, 0.29) is 0 Å². The number of hydrogen-bond acceptors (Lipinski definition) is 10. The van der Waals surface area contributed by atoms with Gasteiger partial charge in [-0.1, -0.05) is 12.1 Å². The van der Waals surface area contributed by atoms with Gasteiger partial charge in [-0.05, 0) is 23.8 Å². The molecule has 156 valence electrons. The number of rotatable bonds is 8. The van der Waals surface area contributed by atoms with Gasteiger partial charge in [0.15, 0.2) is 0 Å². The number of ether oxygens (including phenoxy) is 5. The van der Waals surface area contributed by atoms with E-state index < -0.39 is 42.1 Å². The molecule has 0 aromatic heterocycles. The maximum Gasteiger partial charge on any atom is 0.351 e. The molecule has 0 unspecified atom stereocenters. The molecule has 2 atom stereocenters. The molecule has 1 aromatic rings. The molecule has 0 saturated heterocycles. The molecule has 0 radical (unpaired) electrons. The Bertz CT molecular complexity index is 794. The van der Waals surface area contributed by atoms with Crippen molar-refractivity contribution in [2.45, 2.75) is 26.1 Å². The van der Waals surface area contributed by atoms with Crippen molar-refractivity contribution >= 4 is 35.9 Å². The molecule has 0 heterocycles. The molecule has 0 aliphatic rings. The third kappa shape index (κ3) is 7.83. The van der Waals surface area contributed by atoms with E-state index >= 15 is 0 Å². The van der Waals surface area contributed by atoms with E-state index in [1.54, 1.807) is 12.1 Å². The topological polar surface area (TPSA) is 132 Å². The zero-order chi connectivity index (χ0) is 22.0. The van der Waals surface area contributed by atoms with Crippen molar-refractivity contribution in [3.8, 4) is 5.75 Å². The molecule has 10 heteroatoms. The number of esters is 5. The van der Waals surface area contributed by atoms with Gasteiger partial charge in [0.2, 0.25) is 12.2 Å². The van der Waals surface area contributed by atoms with Crippen LogP contribution in [0.25, 0.3) is 6.08 Å². The van der Waals surface area contributed by atoms with E-state index in [1.165, 1.54) is 25.1 Å². The summed E-state index contributed by atoms with van der Waals surface area (Å²) >= 11 is 0. The van der Waals surface area contributed by atoms with Crippen molar-refractivity contribution in [1.82, 2.24) is 0 Å². The van der Waals surface area contributed by atoms with Crippen LogP contribution in [0.1, 0.15) is 19.4 Å². The highest BCUT2D eigenvalue weighted by Crippen LogP contribution is 2.14. The van der Waals surface area contributed by atoms with Gasteiger partial charge in [0.25, 0.3) is 0 Å². The maximum absolute atomic E-state index is 12.1. The molecule has 10 nitrogen and oxygen atoms in total. The van der Waals surface area contributed by atoms with E-state index in [9.17, 15) is 24.0 Å². The monoisotopic (exact) mass is 408 g/mol. The molecule has 1 rings (SSSR count). The van der Waals surface area contributed by atoms with Crippen molar-refractivity contribution < 1.29 is 47.7 Å². The summed E-state index contributed by atoms with van der Waals surface area (Å²) < 4.78 is 23.5. The molecule has 0 aliphatic carbocycles. The van der Waals surface area contributed by atoms with Crippen molar-refractivity contribution in [2.75, 3.05) is 14.2 Å². The van der Waals surface area contributed by atoms with Gasteiger partial charge < -0.3 is 23.7 Å². The number of carbonyl (C=O) groups is 5. The smallest absolute Gasteiger partial charge is 0.351 e. The zero-order valence-corrected chi connectivity index (χ0v) is 16.2. The third-order valence-corrected chi connectivity index (χ3v) is 3.23. The second kappa shape index (κ2) is 11.2. The minimum absolute atomic E-state index is 0.324. The van der Waals surface area contributed by atoms with Gasteiger partial charge in [0.1, 0.15) is 5.75 Å². The van der Waals surface area contributed by atoms with Crippen LogP contribution in [0, 0.1) is 0 Å². The van der Waals surface area contributed by atoms with E-state index in [0.29, 0.717) is 11.3 Å². The largest absolute Gasteiger partial charge is 0.466 e. The Morgan fingerprint density at radius 1 is 0.793 bits per heavy atom. The molecule has 29 heavy (non-hydrogen) atoms. The fourth-order valence-electron chi connectivity index (χ4n) is 2.02. The number of hydrogen-bond donors (Lipinski definition) is 0. The summed E-state index contributed by atoms with van der Waals surface area (Å²) in [7, 11) is 2.01. The molecule has 1 aromatic carbocycles. The Labute approximate surface area is 166 Å². The summed E-state index contributed by atoms with van der Waals surface area (Å²) in [5.74, 6) is -4.27. The summed E-state index contributed by atoms with van der Waals surface area (Å²) in [6.07, 6.45) is -1.35. The van der Waals surface area contributed by atoms with Crippen LogP contribution in [0.15, 0.2) is 30.3 Å². The van der Waals surface area contributed by atoms with Crippen LogP contribution in [0.5, 0.6) is 5.75 Å². The lowest BCUT2D eigenvalue weighted by molar-refractivity contribution is -0.187. The van der Waals surface area contributed by atoms with Gasteiger partial charge in [-0.2, -0.15) is 0 Å². The van der Waals surface area contributed by atoms with Gasteiger partial charge in [-0.25, -0.2) is 14.4 Å². The summed E-state index contributed by atoms with van der Waals surface area (Å²) in [6.45, 7) is 2.27. The first-order valence-electron chi connectivity index (χ1n) is 8.18. The lowest BCUT2D eigenvalue weighted by atomic mass is 10.2. The summed E-state index contributed by atoms with van der Waals surface area (Å²) in [5.41, 5.74) is 0.553. The average molecular weight is 408 g/mol. The molecule has 0 N–H and O–H groups in total. The standard InChI is InChI=1S/C19H20O10/c1-11(20)27-14-8-5-13(6-9-14)7-10-15(22)29-17(19(24)26-4)16(18(23)25-3)28-12(2)21/h5-10,16-17H,1-4H3/t16-,17-/m1/s1. The van der Waals surface area contributed by atoms with Crippen LogP contribution in [0.4, 0.5) is 0 Å². The molecule has 0 spiro atoms. The van der Waals surface area contributed by atoms with Crippen molar-refractivity contribution in [1.29, 1.82) is 0 Å². The van der Waals surface area contributed by atoms with E-state index in [4.69, 9.17) is 14.2 Å². The highest BCUT2D eigenvalue weighted by atomic mass is 16.6. The number of carbonyl (C=O) groups excluding carboxylic acids is 5. The normalized spacial score (nSPS) is 12.4. The first-order chi connectivity index (χ1) is 13.7. The van der Waals surface area contributed by atoms with Gasteiger partial charge in [0.05, 0.1) is 14.2 Å². The second-order valence-electron chi connectivity index (χ2n) is 5.43. The van der Waals surface area contributed by atoms with Crippen LogP contribution >= 0.6 is 0 Å². The molecule has 0 fully saturated rings. The van der Waals surface area contributed by atoms with Crippen molar-refractivity contribution in [3.63, 3.8) is 0 Å². The molecular formula is C19H20O10.